The van der Waals surface area contributed by atoms with E-state index in [1.165, 1.54) is 21.9 Å². The van der Waals surface area contributed by atoms with Crippen molar-refractivity contribution >= 4 is 39.4 Å². The second-order valence-corrected chi connectivity index (χ2v) is 11.3. The summed E-state index contributed by atoms with van der Waals surface area (Å²) in [4.78, 5) is 23.6. The fourth-order valence-electron chi connectivity index (χ4n) is 5.34. The van der Waals surface area contributed by atoms with Crippen molar-refractivity contribution in [3.05, 3.63) is 77.5 Å². The third kappa shape index (κ3) is 5.85. The fourth-order valence-corrected chi connectivity index (χ4v) is 5.52. The highest BCUT2D eigenvalue weighted by Crippen LogP contribution is 2.39. The van der Waals surface area contributed by atoms with Crippen molar-refractivity contribution in [2.75, 3.05) is 13.1 Å². The van der Waals surface area contributed by atoms with Crippen molar-refractivity contribution in [1.82, 2.24) is 19.4 Å². The number of amides is 1. The molecule has 0 N–H and O–H groups in total. The van der Waals surface area contributed by atoms with Gasteiger partial charge >= 0.3 is 6.09 Å². The van der Waals surface area contributed by atoms with Crippen LogP contribution in [0.5, 0.6) is 0 Å². The van der Waals surface area contributed by atoms with E-state index in [1.807, 2.05) is 62.7 Å². The van der Waals surface area contributed by atoms with Crippen LogP contribution in [0.25, 0.3) is 21.7 Å². The first kappa shape index (κ1) is 25.4. The van der Waals surface area contributed by atoms with Crippen molar-refractivity contribution in [2.24, 2.45) is 0 Å². The third-order valence-electron chi connectivity index (χ3n) is 7.02. The van der Waals surface area contributed by atoms with E-state index in [2.05, 4.69) is 33.8 Å². The molecule has 6 nitrogen and oxygen atoms in total. The van der Waals surface area contributed by atoms with E-state index in [4.69, 9.17) is 21.3 Å². The molecular weight excluding hydrogens is 484 g/mol. The number of ether oxygens (including phenoxy) is 1. The standard InChI is InChI=1S/C30H34ClN4O2/c1-30(2,3)37-29(36)35-15-10-21(11-16-35)27-25-9-8-24(31)19-23(25)18-22(26-7-4-12-33-28(26)27)6-5-14-34-17-13-32-20-34/h4,7-9,12-13,17-21H,5-6,10-11,14-16H2,1-3H3/q+1. The number of hydrogen-bond acceptors (Lipinski definition) is 4. The van der Waals surface area contributed by atoms with Gasteiger partial charge in [0.2, 0.25) is 0 Å². The normalized spacial score (nSPS) is 14.9. The maximum absolute atomic E-state index is 12.7. The van der Waals surface area contributed by atoms with Gasteiger partial charge in [-0.3, -0.25) is 0 Å². The molecule has 7 heteroatoms. The monoisotopic (exact) mass is 517 g/mol. The quantitative estimate of drug-likeness (QED) is 0.261. The molecule has 5 rings (SSSR count). The van der Waals surface area contributed by atoms with Gasteiger partial charge in [-0.05, 0) is 63.8 Å². The van der Waals surface area contributed by atoms with E-state index in [0.29, 0.717) is 13.1 Å². The maximum atomic E-state index is 12.7. The summed E-state index contributed by atoms with van der Waals surface area (Å²) in [7, 11) is 0. The van der Waals surface area contributed by atoms with E-state index in [9.17, 15) is 4.79 Å². The number of imidazole rings is 1. The number of rotatable bonds is 5. The minimum absolute atomic E-state index is 0.232. The van der Waals surface area contributed by atoms with Gasteiger partial charge in [0.05, 0.1) is 22.7 Å². The maximum Gasteiger partial charge on any atom is 0.410 e. The van der Waals surface area contributed by atoms with E-state index in [0.717, 1.165) is 48.2 Å². The van der Waals surface area contributed by atoms with Crippen LogP contribution in [0.15, 0.2) is 61.3 Å². The van der Waals surface area contributed by atoms with E-state index in [-0.39, 0.29) is 12.0 Å². The van der Waals surface area contributed by atoms with Gasteiger partial charge in [-0.1, -0.05) is 0 Å². The summed E-state index contributed by atoms with van der Waals surface area (Å²) in [6, 6.07) is 12.7. The highest BCUT2D eigenvalue weighted by atomic mass is 35.5. The minimum atomic E-state index is -0.495. The molecule has 1 saturated heterocycles. The number of carbonyl (C=O) groups is 1. The van der Waals surface area contributed by atoms with E-state index >= 15 is 0 Å². The largest absolute Gasteiger partial charge is 0.444 e. The molecule has 37 heavy (non-hydrogen) atoms. The zero-order valence-corrected chi connectivity index (χ0v) is 22.5. The van der Waals surface area contributed by atoms with Crippen LogP contribution in [0.3, 0.4) is 0 Å². The lowest BCUT2D eigenvalue weighted by atomic mass is 9.86. The molecule has 0 saturated carbocycles. The molecule has 0 unspecified atom stereocenters. The summed E-state index contributed by atoms with van der Waals surface area (Å²) in [5.41, 5.74) is 3.08. The van der Waals surface area contributed by atoms with Crippen LogP contribution in [-0.2, 0) is 17.7 Å². The first-order valence-corrected chi connectivity index (χ1v) is 13.4. The van der Waals surface area contributed by atoms with Crippen LogP contribution in [-0.4, -0.2) is 44.2 Å². The van der Waals surface area contributed by atoms with Crippen molar-refractivity contribution in [1.29, 1.82) is 0 Å². The van der Waals surface area contributed by atoms with Gasteiger partial charge in [0.15, 0.2) is 0 Å². The van der Waals surface area contributed by atoms with E-state index < -0.39 is 5.60 Å². The summed E-state index contributed by atoms with van der Waals surface area (Å²) in [6.07, 6.45) is 11.0. The molecule has 192 valence electrons. The van der Waals surface area contributed by atoms with Crippen LogP contribution >= 0.6 is 11.6 Å². The average Bonchev–Trinajstić information content (AvgIpc) is 3.33. The van der Waals surface area contributed by atoms with Gasteiger partial charge in [0.1, 0.15) is 16.1 Å². The number of benzene rings is 1. The second-order valence-electron chi connectivity index (χ2n) is 10.9. The number of fused-ring (bicyclic) bond motifs is 2. The summed E-state index contributed by atoms with van der Waals surface area (Å²) in [5, 5.41) is 4.23. The topological polar surface area (TPSA) is 60.2 Å². The van der Waals surface area contributed by atoms with Crippen molar-refractivity contribution in [3.63, 3.8) is 0 Å². The summed E-state index contributed by atoms with van der Waals surface area (Å²) < 4.78 is 7.73. The molecule has 0 radical (unpaired) electrons. The SMILES string of the molecule is CC(C)(C)OC(=O)N1CCC(c2c3ncccc3c(CCCn3ccnc3)c[c+]3cc(Cl)ccc23)CC1. The zero-order valence-electron chi connectivity index (χ0n) is 21.8. The molecule has 0 bridgehead atoms. The van der Waals surface area contributed by atoms with E-state index in [1.54, 1.807) is 0 Å². The lowest BCUT2D eigenvalue weighted by Gasteiger charge is -2.33. The molecule has 0 atom stereocenters. The Hall–Kier alpha value is -3.25. The lowest BCUT2D eigenvalue weighted by Crippen LogP contribution is -2.41. The third-order valence-corrected chi connectivity index (χ3v) is 7.25. The zero-order chi connectivity index (χ0) is 26.0. The Kier molecular flexibility index (Phi) is 7.29. The molecule has 1 fully saturated rings. The van der Waals surface area contributed by atoms with Crippen LogP contribution in [0.2, 0.25) is 5.02 Å². The molecule has 1 aliphatic rings. The number of nitrogens with zero attached hydrogens (tertiary/aromatic N) is 4. The van der Waals surface area contributed by atoms with Gasteiger partial charge < -0.3 is 14.2 Å². The fraction of sp³-hybridized carbons (Fsp3) is 0.400. The molecule has 0 spiro atoms. The molecule has 1 aliphatic heterocycles. The lowest BCUT2D eigenvalue weighted by molar-refractivity contribution is 0.0205. The number of aromatic nitrogens is 3. The smallest absolute Gasteiger partial charge is 0.410 e. The number of likely N-dealkylation sites (tertiary alicyclic amines) is 1. The highest BCUT2D eigenvalue weighted by molar-refractivity contribution is 6.31. The van der Waals surface area contributed by atoms with Crippen LogP contribution in [0.4, 0.5) is 4.79 Å². The Labute approximate surface area is 223 Å². The number of carbonyl (C=O) groups excluding carboxylic acids is 1. The van der Waals surface area contributed by atoms with Crippen LogP contribution < -0.4 is 0 Å². The van der Waals surface area contributed by atoms with Crippen molar-refractivity contribution in [3.8, 4) is 0 Å². The number of hydrogen-bond donors (Lipinski definition) is 0. The number of aryl methyl sites for hydroxylation is 2. The van der Waals surface area contributed by atoms with Crippen molar-refractivity contribution < 1.29 is 9.53 Å². The predicted molar refractivity (Wildman–Crippen MR) is 149 cm³/mol. The number of piperidine rings is 1. The average molecular weight is 518 g/mol. The van der Waals surface area contributed by atoms with Crippen LogP contribution in [0.1, 0.15) is 57.1 Å². The Morgan fingerprint density at radius 3 is 2.70 bits per heavy atom. The number of pyridine rings is 1. The molecule has 2 aromatic heterocycles. The summed E-state index contributed by atoms with van der Waals surface area (Å²) in [6.45, 7) is 7.96. The molecular formula is C30H34ClN4O2+. The minimum Gasteiger partial charge on any atom is -0.444 e. The highest BCUT2D eigenvalue weighted by Gasteiger charge is 2.31. The predicted octanol–water partition coefficient (Wildman–Crippen LogP) is 7.27. The van der Waals surface area contributed by atoms with Crippen molar-refractivity contribution in [2.45, 2.75) is 64.5 Å². The number of halogens is 1. The molecule has 2 aromatic carbocycles. The summed E-state index contributed by atoms with van der Waals surface area (Å²) >= 11 is 6.48. The van der Waals surface area contributed by atoms with Crippen LogP contribution in [0, 0.1) is 0 Å². The van der Waals surface area contributed by atoms with Gasteiger partial charge in [0, 0.05) is 85.8 Å². The molecule has 4 aromatic rings. The van der Waals surface area contributed by atoms with Gasteiger partial charge in [-0.25, -0.2) is 14.8 Å². The molecule has 0 aliphatic carbocycles. The van der Waals surface area contributed by atoms with Gasteiger partial charge in [-0.2, -0.15) is 0 Å². The molecule has 1 amide bonds. The Morgan fingerprint density at radius 2 is 1.97 bits per heavy atom. The first-order valence-electron chi connectivity index (χ1n) is 13.1. The Balaban J connectivity index is 1.52. The Bertz CT molecular complexity index is 1410. The first-order chi connectivity index (χ1) is 17.8. The van der Waals surface area contributed by atoms with Gasteiger partial charge in [-0.15, -0.1) is 0 Å². The Morgan fingerprint density at radius 1 is 1.16 bits per heavy atom. The second kappa shape index (κ2) is 10.6. The summed E-state index contributed by atoms with van der Waals surface area (Å²) in [5.74, 6) is 0.283. The van der Waals surface area contributed by atoms with Gasteiger partial charge in [0.25, 0.3) is 0 Å². The molecule has 3 heterocycles.